The number of amides is 1. The van der Waals surface area contributed by atoms with E-state index in [9.17, 15) is 4.79 Å². The Morgan fingerprint density at radius 1 is 1.21 bits per heavy atom. The number of rotatable bonds is 8. The number of nitrogens with one attached hydrogen (secondary N) is 1. The van der Waals surface area contributed by atoms with E-state index < -0.39 is 0 Å². The number of hydrogen-bond acceptors (Lipinski definition) is 1. The van der Waals surface area contributed by atoms with Crippen LogP contribution in [0.5, 0.6) is 0 Å². The minimum atomic E-state index is 0.0550. The van der Waals surface area contributed by atoms with E-state index in [0.29, 0.717) is 17.1 Å². The normalized spacial score (nSPS) is 10.5. The molecule has 4 heteroatoms. The maximum absolute atomic E-state index is 11.8. The summed E-state index contributed by atoms with van der Waals surface area (Å²) in [6.45, 7) is 2.21. The minimum absolute atomic E-state index is 0.0550. The van der Waals surface area contributed by atoms with E-state index in [1.165, 1.54) is 25.7 Å². The first-order chi connectivity index (χ1) is 9.13. The Bertz CT molecular complexity index is 409. The molecule has 0 aliphatic carbocycles. The monoisotopic (exact) mass is 393 g/mol. The molecule has 1 aromatic carbocycles. The molecule has 0 atom stereocenters. The van der Waals surface area contributed by atoms with E-state index in [4.69, 9.17) is 11.6 Å². The van der Waals surface area contributed by atoms with Crippen molar-refractivity contribution in [3.8, 4) is 0 Å². The largest absolute Gasteiger partial charge is 0.325 e. The maximum atomic E-state index is 11.8. The predicted molar refractivity (Wildman–Crippen MR) is 90.8 cm³/mol. The van der Waals surface area contributed by atoms with Crippen LogP contribution in [0.4, 0.5) is 5.69 Å². The highest BCUT2D eigenvalue weighted by Gasteiger charge is 2.06. The predicted octanol–water partition coefficient (Wildman–Crippen LogP) is 5.63. The first-order valence-electron chi connectivity index (χ1n) is 6.88. The van der Waals surface area contributed by atoms with Gasteiger partial charge in [-0.15, -0.1) is 0 Å². The third kappa shape index (κ3) is 7.16. The zero-order chi connectivity index (χ0) is 14.1. The highest BCUT2D eigenvalue weighted by molar-refractivity contribution is 14.1. The number of halogens is 2. The smallest absolute Gasteiger partial charge is 0.224 e. The molecule has 0 fully saturated rings. The molecule has 1 amide bonds. The minimum Gasteiger partial charge on any atom is -0.325 e. The molecule has 1 aromatic rings. The average molecular weight is 394 g/mol. The maximum Gasteiger partial charge on any atom is 0.224 e. The van der Waals surface area contributed by atoms with Crippen LogP contribution in [-0.2, 0) is 4.79 Å². The van der Waals surface area contributed by atoms with Crippen molar-refractivity contribution < 1.29 is 4.79 Å². The second kappa shape index (κ2) is 9.59. The molecule has 0 aliphatic rings. The Hall–Kier alpha value is -0.290. The summed E-state index contributed by atoms with van der Waals surface area (Å²) in [6, 6.07) is 5.62. The van der Waals surface area contributed by atoms with E-state index >= 15 is 0 Å². The molecule has 0 heterocycles. The number of unbranched alkanes of at least 4 members (excludes halogenated alkanes) is 5. The van der Waals surface area contributed by atoms with Crippen molar-refractivity contribution in [1.82, 2.24) is 0 Å². The van der Waals surface area contributed by atoms with Crippen LogP contribution in [0.2, 0.25) is 5.02 Å². The third-order valence-corrected chi connectivity index (χ3v) is 3.96. The molecular formula is C15H21ClINO. The van der Waals surface area contributed by atoms with Crippen LogP contribution in [0.15, 0.2) is 18.2 Å². The van der Waals surface area contributed by atoms with E-state index in [0.717, 1.165) is 16.4 Å². The summed E-state index contributed by atoms with van der Waals surface area (Å²) in [5, 5.41) is 3.47. The fourth-order valence-corrected chi connectivity index (χ4v) is 2.53. The molecule has 1 N–H and O–H groups in total. The fraction of sp³-hybridized carbons (Fsp3) is 0.533. The highest BCUT2D eigenvalue weighted by Crippen LogP contribution is 2.24. The third-order valence-electron chi connectivity index (χ3n) is 2.96. The van der Waals surface area contributed by atoms with Gasteiger partial charge in [0, 0.05) is 9.99 Å². The van der Waals surface area contributed by atoms with Gasteiger partial charge in [0.15, 0.2) is 0 Å². The van der Waals surface area contributed by atoms with Crippen LogP contribution in [-0.4, -0.2) is 5.91 Å². The lowest BCUT2D eigenvalue weighted by molar-refractivity contribution is -0.116. The van der Waals surface area contributed by atoms with Crippen LogP contribution in [0, 0.1) is 3.57 Å². The molecule has 0 unspecified atom stereocenters. The zero-order valence-corrected chi connectivity index (χ0v) is 14.3. The quantitative estimate of drug-likeness (QED) is 0.450. The average Bonchev–Trinajstić information content (AvgIpc) is 2.38. The first-order valence-corrected chi connectivity index (χ1v) is 8.34. The summed E-state index contributed by atoms with van der Waals surface area (Å²) in [7, 11) is 0. The second-order valence-corrected chi connectivity index (χ2v) is 6.34. The van der Waals surface area contributed by atoms with E-state index in [1.54, 1.807) is 0 Å². The first kappa shape index (κ1) is 16.8. The lowest BCUT2D eigenvalue weighted by Gasteiger charge is -2.07. The van der Waals surface area contributed by atoms with Crippen molar-refractivity contribution in [3.05, 3.63) is 26.8 Å². The summed E-state index contributed by atoms with van der Waals surface area (Å²) >= 11 is 8.25. The van der Waals surface area contributed by atoms with Crippen LogP contribution >= 0.6 is 34.2 Å². The topological polar surface area (TPSA) is 29.1 Å². The summed E-state index contributed by atoms with van der Waals surface area (Å²) in [4.78, 5) is 11.8. The van der Waals surface area contributed by atoms with Crippen molar-refractivity contribution in [2.24, 2.45) is 0 Å². The van der Waals surface area contributed by atoms with Gasteiger partial charge in [-0.1, -0.05) is 50.6 Å². The summed E-state index contributed by atoms with van der Waals surface area (Å²) in [5.41, 5.74) is 0.713. The zero-order valence-electron chi connectivity index (χ0n) is 11.3. The van der Waals surface area contributed by atoms with Crippen molar-refractivity contribution in [1.29, 1.82) is 0 Å². The SMILES string of the molecule is CCCCCCCCC(=O)Nc1cc(I)ccc1Cl. The van der Waals surface area contributed by atoms with Crippen molar-refractivity contribution in [2.45, 2.75) is 51.9 Å². The van der Waals surface area contributed by atoms with Gasteiger partial charge in [-0.05, 0) is 47.2 Å². The molecule has 1 rings (SSSR count). The Balaban J connectivity index is 2.25. The van der Waals surface area contributed by atoms with Gasteiger partial charge >= 0.3 is 0 Å². The van der Waals surface area contributed by atoms with Gasteiger partial charge in [-0.2, -0.15) is 0 Å². The summed E-state index contributed by atoms with van der Waals surface area (Å²) in [6.07, 6.45) is 7.72. The van der Waals surface area contributed by atoms with Gasteiger partial charge in [0.1, 0.15) is 0 Å². The molecule has 106 valence electrons. The van der Waals surface area contributed by atoms with Crippen molar-refractivity contribution >= 4 is 45.8 Å². The molecule has 0 bridgehead atoms. The molecular weight excluding hydrogens is 373 g/mol. The second-order valence-electron chi connectivity index (χ2n) is 4.69. The number of carbonyl (C=O) groups excluding carboxylic acids is 1. The molecule has 0 aliphatic heterocycles. The summed E-state index contributed by atoms with van der Waals surface area (Å²) in [5.74, 6) is 0.0550. The Morgan fingerprint density at radius 2 is 1.89 bits per heavy atom. The van der Waals surface area contributed by atoms with E-state index in [2.05, 4.69) is 34.8 Å². The fourth-order valence-electron chi connectivity index (χ4n) is 1.87. The Kier molecular flexibility index (Phi) is 8.46. The van der Waals surface area contributed by atoms with Gasteiger partial charge < -0.3 is 5.32 Å². The Labute approximate surface area is 134 Å². The lowest BCUT2D eigenvalue weighted by Crippen LogP contribution is -2.11. The van der Waals surface area contributed by atoms with Crippen LogP contribution in [0.1, 0.15) is 51.9 Å². The van der Waals surface area contributed by atoms with Crippen LogP contribution in [0.3, 0.4) is 0 Å². The molecule has 0 saturated heterocycles. The van der Waals surface area contributed by atoms with Gasteiger partial charge in [-0.25, -0.2) is 0 Å². The molecule has 19 heavy (non-hydrogen) atoms. The number of carbonyl (C=O) groups is 1. The van der Waals surface area contributed by atoms with Gasteiger partial charge in [-0.3, -0.25) is 4.79 Å². The van der Waals surface area contributed by atoms with Crippen molar-refractivity contribution in [2.75, 3.05) is 5.32 Å². The molecule has 0 aromatic heterocycles. The molecule has 2 nitrogen and oxygen atoms in total. The van der Waals surface area contributed by atoms with E-state index in [-0.39, 0.29) is 5.91 Å². The van der Waals surface area contributed by atoms with Gasteiger partial charge in [0.2, 0.25) is 5.91 Å². The van der Waals surface area contributed by atoms with Crippen LogP contribution in [0.25, 0.3) is 0 Å². The lowest BCUT2D eigenvalue weighted by atomic mass is 10.1. The highest BCUT2D eigenvalue weighted by atomic mass is 127. The Morgan fingerprint density at radius 3 is 2.63 bits per heavy atom. The van der Waals surface area contributed by atoms with Gasteiger partial charge in [0.05, 0.1) is 10.7 Å². The number of benzene rings is 1. The van der Waals surface area contributed by atoms with E-state index in [1.807, 2.05) is 18.2 Å². The van der Waals surface area contributed by atoms with Crippen molar-refractivity contribution in [3.63, 3.8) is 0 Å². The molecule has 0 spiro atoms. The molecule has 0 radical (unpaired) electrons. The standard InChI is InChI=1S/C15H21ClINO/c1-2-3-4-5-6-7-8-15(19)18-14-11-12(17)9-10-13(14)16/h9-11H,2-8H2,1H3,(H,18,19). The number of hydrogen-bond donors (Lipinski definition) is 1. The van der Waals surface area contributed by atoms with Crippen LogP contribution < -0.4 is 5.32 Å². The summed E-state index contributed by atoms with van der Waals surface area (Å²) < 4.78 is 1.07. The van der Waals surface area contributed by atoms with Gasteiger partial charge in [0.25, 0.3) is 0 Å². The molecule has 0 saturated carbocycles. The number of anilines is 1.